The molecule has 2 unspecified atom stereocenters. The van der Waals surface area contributed by atoms with Crippen molar-refractivity contribution in [3.63, 3.8) is 0 Å². The number of hydrogen-bond donors (Lipinski definition) is 1. The highest BCUT2D eigenvalue weighted by Crippen LogP contribution is 2.66. The highest BCUT2D eigenvalue weighted by atomic mass is 16.5. The van der Waals surface area contributed by atoms with Crippen LogP contribution in [0.25, 0.3) is 0 Å². The van der Waals surface area contributed by atoms with Gasteiger partial charge in [-0.15, -0.1) is 0 Å². The van der Waals surface area contributed by atoms with Gasteiger partial charge < -0.3 is 14.8 Å². The second-order valence-electron chi connectivity index (χ2n) is 13.3. The first-order valence-electron chi connectivity index (χ1n) is 15.0. The molecule has 0 radical (unpaired) electrons. The van der Waals surface area contributed by atoms with Gasteiger partial charge in [0.05, 0.1) is 0 Å². The Labute approximate surface area is 247 Å². The number of carbonyl (C=O) groups excluding carboxylic acids is 3. The van der Waals surface area contributed by atoms with Gasteiger partial charge >= 0.3 is 11.9 Å². The summed E-state index contributed by atoms with van der Waals surface area (Å²) < 4.78 is 10.5. The van der Waals surface area contributed by atoms with E-state index in [1.54, 1.807) is 24.3 Å². The minimum Gasteiger partial charge on any atom is -0.427 e. The standard InChI is InChI=1S/C36H39NO5/c1-23(38)41-29-12-8-27(9-13-29)34(28-10-14-30(15-11-28)42-24(2)39)31-6-4-5-7-32(31)37-33(40)21-36-19-25-16-26(20-36)18-35(3,17-25)22-36/h4-15,25-26,34H,16-22H2,1-3H3,(H,37,40). The zero-order chi connectivity index (χ0) is 29.5. The minimum atomic E-state index is -0.374. The molecule has 3 aromatic rings. The Bertz CT molecular complexity index is 1420. The fourth-order valence-electron chi connectivity index (χ4n) is 8.87. The third-order valence-electron chi connectivity index (χ3n) is 9.51. The Balaban J connectivity index is 1.30. The van der Waals surface area contributed by atoms with Gasteiger partial charge in [0.25, 0.3) is 0 Å². The zero-order valence-corrected chi connectivity index (χ0v) is 24.7. The fourth-order valence-corrected chi connectivity index (χ4v) is 8.87. The van der Waals surface area contributed by atoms with Gasteiger partial charge in [-0.2, -0.15) is 0 Å². The molecule has 0 spiro atoms. The van der Waals surface area contributed by atoms with Gasteiger partial charge in [-0.3, -0.25) is 14.4 Å². The van der Waals surface area contributed by atoms with Crippen LogP contribution in [0.15, 0.2) is 72.8 Å². The lowest BCUT2D eigenvalue weighted by atomic mass is 9.44. The molecule has 218 valence electrons. The van der Waals surface area contributed by atoms with Crippen LogP contribution in [-0.2, 0) is 14.4 Å². The average Bonchev–Trinajstić information content (AvgIpc) is 2.89. The molecule has 4 fully saturated rings. The van der Waals surface area contributed by atoms with Crippen LogP contribution >= 0.6 is 0 Å². The van der Waals surface area contributed by atoms with Crippen molar-refractivity contribution in [2.24, 2.45) is 22.7 Å². The van der Waals surface area contributed by atoms with Crippen molar-refractivity contribution in [3.05, 3.63) is 89.5 Å². The Morgan fingerprint density at radius 1 is 0.786 bits per heavy atom. The van der Waals surface area contributed by atoms with Gasteiger partial charge in [0.1, 0.15) is 11.5 Å². The normalized spacial score (nSPS) is 25.7. The SMILES string of the molecule is CC(=O)Oc1ccc(C(c2ccc(OC(C)=O)cc2)c2ccccc2NC(=O)CC23CC4CC(CC(C)(C4)C2)C3)cc1. The van der Waals surface area contributed by atoms with E-state index in [4.69, 9.17) is 9.47 Å². The molecule has 42 heavy (non-hydrogen) atoms. The van der Waals surface area contributed by atoms with Crippen molar-refractivity contribution in [3.8, 4) is 11.5 Å². The van der Waals surface area contributed by atoms with Gasteiger partial charge in [0.2, 0.25) is 5.91 Å². The van der Waals surface area contributed by atoms with Crippen molar-refractivity contribution < 1.29 is 23.9 Å². The molecule has 1 amide bonds. The molecule has 2 atom stereocenters. The predicted molar refractivity (Wildman–Crippen MR) is 161 cm³/mol. The monoisotopic (exact) mass is 565 g/mol. The van der Waals surface area contributed by atoms with E-state index in [2.05, 4.69) is 12.2 Å². The highest BCUT2D eigenvalue weighted by molar-refractivity contribution is 5.92. The lowest BCUT2D eigenvalue weighted by Crippen LogP contribution is -2.51. The van der Waals surface area contributed by atoms with Crippen molar-refractivity contribution >= 4 is 23.5 Å². The molecule has 3 aromatic carbocycles. The third kappa shape index (κ3) is 5.99. The van der Waals surface area contributed by atoms with E-state index >= 15 is 0 Å². The van der Waals surface area contributed by atoms with Crippen LogP contribution in [0.1, 0.15) is 88.3 Å². The molecule has 0 aliphatic heterocycles. The number of ether oxygens (including phenoxy) is 2. The van der Waals surface area contributed by atoms with E-state index in [1.807, 2.05) is 48.5 Å². The van der Waals surface area contributed by atoms with E-state index in [0.29, 0.717) is 23.3 Å². The lowest BCUT2D eigenvalue weighted by molar-refractivity contribution is -0.133. The fraction of sp³-hybridized carbons (Fsp3) is 0.417. The summed E-state index contributed by atoms with van der Waals surface area (Å²) in [4.78, 5) is 36.7. The quantitative estimate of drug-likeness (QED) is 0.172. The second kappa shape index (κ2) is 11.0. The van der Waals surface area contributed by atoms with Crippen LogP contribution < -0.4 is 14.8 Å². The topological polar surface area (TPSA) is 81.7 Å². The molecular formula is C36H39NO5. The number of hydrogen-bond acceptors (Lipinski definition) is 5. The summed E-state index contributed by atoms with van der Waals surface area (Å²) in [5, 5.41) is 3.32. The number of esters is 2. The number of amides is 1. The van der Waals surface area contributed by atoms with Crippen LogP contribution in [0.2, 0.25) is 0 Å². The lowest BCUT2D eigenvalue weighted by Gasteiger charge is -2.61. The van der Waals surface area contributed by atoms with E-state index in [1.165, 1.54) is 46.0 Å². The van der Waals surface area contributed by atoms with Crippen molar-refractivity contribution in [2.75, 3.05) is 5.32 Å². The van der Waals surface area contributed by atoms with E-state index in [9.17, 15) is 14.4 Å². The first-order chi connectivity index (χ1) is 20.1. The molecule has 4 aliphatic carbocycles. The molecular weight excluding hydrogens is 526 g/mol. The summed E-state index contributed by atoms with van der Waals surface area (Å²) in [6.07, 6.45) is 8.08. The first kappa shape index (κ1) is 28.2. The number of rotatable bonds is 8. The Morgan fingerprint density at radius 2 is 1.31 bits per heavy atom. The van der Waals surface area contributed by atoms with Crippen LogP contribution in [0.3, 0.4) is 0 Å². The van der Waals surface area contributed by atoms with Crippen molar-refractivity contribution in [1.82, 2.24) is 0 Å². The smallest absolute Gasteiger partial charge is 0.308 e. The summed E-state index contributed by atoms with van der Waals surface area (Å²) in [6, 6.07) is 22.9. The molecule has 6 nitrogen and oxygen atoms in total. The Kier molecular flexibility index (Phi) is 7.42. The van der Waals surface area contributed by atoms with Crippen LogP contribution in [0.4, 0.5) is 5.69 Å². The number of carbonyl (C=O) groups is 3. The maximum Gasteiger partial charge on any atom is 0.308 e. The second-order valence-corrected chi connectivity index (χ2v) is 13.3. The molecule has 0 saturated heterocycles. The molecule has 0 heterocycles. The van der Waals surface area contributed by atoms with Crippen molar-refractivity contribution in [2.45, 2.75) is 71.6 Å². The average molecular weight is 566 g/mol. The molecule has 1 N–H and O–H groups in total. The van der Waals surface area contributed by atoms with Crippen LogP contribution in [0.5, 0.6) is 11.5 Å². The maximum atomic E-state index is 13.7. The number of benzene rings is 3. The summed E-state index contributed by atoms with van der Waals surface area (Å²) in [7, 11) is 0. The largest absolute Gasteiger partial charge is 0.427 e. The molecule has 4 aliphatic rings. The maximum absolute atomic E-state index is 13.7. The van der Waals surface area contributed by atoms with Crippen LogP contribution in [-0.4, -0.2) is 17.8 Å². The van der Waals surface area contributed by atoms with Crippen LogP contribution in [0, 0.1) is 22.7 Å². The van der Waals surface area contributed by atoms with E-state index in [0.717, 1.165) is 40.6 Å². The number of para-hydroxylation sites is 1. The van der Waals surface area contributed by atoms with Gasteiger partial charge in [0, 0.05) is 31.9 Å². The number of nitrogens with one attached hydrogen (secondary N) is 1. The van der Waals surface area contributed by atoms with E-state index in [-0.39, 0.29) is 29.2 Å². The molecule has 4 bridgehead atoms. The third-order valence-corrected chi connectivity index (χ3v) is 9.51. The summed E-state index contributed by atoms with van der Waals surface area (Å²) in [5.41, 5.74) is 4.21. The molecule has 7 rings (SSSR count). The zero-order valence-electron chi connectivity index (χ0n) is 24.7. The summed E-state index contributed by atoms with van der Waals surface area (Å²) in [5.74, 6) is 1.60. The van der Waals surface area contributed by atoms with Gasteiger partial charge in [-0.05, 0) is 108 Å². The van der Waals surface area contributed by atoms with Crippen molar-refractivity contribution in [1.29, 1.82) is 0 Å². The summed E-state index contributed by atoms with van der Waals surface area (Å²) in [6.45, 7) is 5.20. The van der Waals surface area contributed by atoms with Gasteiger partial charge in [-0.25, -0.2) is 0 Å². The van der Waals surface area contributed by atoms with Gasteiger partial charge in [0.15, 0.2) is 0 Å². The van der Waals surface area contributed by atoms with E-state index < -0.39 is 0 Å². The molecule has 4 saturated carbocycles. The highest BCUT2D eigenvalue weighted by Gasteiger charge is 2.56. The number of anilines is 1. The summed E-state index contributed by atoms with van der Waals surface area (Å²) >= 11 is 0. The molecule has 0 aromatic heterocycles. The minimum absolute atomic E-state index is 0.0853. The van der Waals surface area contributed by atoms with Gasteiger partial charge in [-0.1, -0.05) is 49.4 Å². The molecule has 6 heteroatoms. The predicted octanol–water partition coefficient (Wildman–Crippen LogP) is 7.65. The first-order valence-corrected chi connectivity index (χ1v) is 15.0. The Morgan fingerprint density at radius 3 is 1.81 bits per heavy atom. The Hall–Kier alpha value is -3.93.